The largest absolute Gasteiger partial charge is 0.328 e. The summed E-state index contributed by atoms with van der Waals surface area (Å²) in [6.07, 6.45) is 5.30. The molecule has 2 N–H and O–H groups in total. The fraction of sp³-hybridized carbons (Fsp3) is 1.00. The van der Waals surface area contributed by atoms with E-state index in [1.165, 1.54) is 45.3 Å². The molecule has 0 radical (unpaired) electrons. The molecule has 0 amide bonds. The second kappa shape index (κ2) is 3.97. The van der Waals surface area contributed by atoms with Gasteiger partial charge in [-0.1, -0.05) is 6.92 Å². The molecule has 2 nitrogen and oxygen atoms in total. The second-order valence-corrected chi connectivity index (χ2v) is 5.09. The van der Waals surface area contributed by atoms with E-state index in [4.69, 9.17) is 5.73 Å². The van der Waals surface area contributed by atoms with Crippen molar-refractivity contribution in [1.29, 1.82) is 0 Å². The van der Waals surface area contributed by atoms with Crippen molar-refractivity contribution in [3.63, 3.8) is 0 Å². The highest BCUT2D eigenvalue weighted by Crippen LogP contribution is 2.26. The van der Waals surface area contributed by atoms with E-state index in [0.29, 0.717) is 6.04 Å². The summed E-state index contributed by atoms with van der Waals surface area (Å²) in [7, 11) is 0. The van der Waals surface area contributed by atoms with Crippen LogP contribution < -0.4 is 5.73 Å². The van der Waals surface area contributed by atoms with Crippen LogP contribution in [0.15, 0.2) is 0 Å². The predicted molar refractivity (Wildman–Crippen MR) is 55.5 cm³/mol. The highest BCUT2D eigenvalue weighted by Gasteiger charge is 2.26. The van der Waals surface area contributed by atoms with Crippen molar-refractivity contribution >= 4 is 0 Å². The molecule has 1 aliphatic carbocycles. The van der Waals surface area contributed by atoms with Gasteiger partial charge in [0, 0.05) is 19.1 Å². The number of likely N-dealkylation sites (tertiary alicyclic amines) is 1. The standard InChI is InChI=1S/C11H22N2/c1-9-4-5-13(7-9)8-10-2-3-11(12)6-10/h9-11H,2-8,12H2,1H3. The Kier molecular flexibility index (Phi) is 2.89. The average Bonchev–Trinajstić information content (AvgIpc) is 2.62. The van der Waals surface area contributed by atoms with Gasteiger partial charge in [0.2, 0.25) is 0 Å². The molecule has 1 heterocycles. The average molecular weight is 182 g/mol. The van der Waals surface area contributed by atoms with Crippen LogP contribution in [0.25, 0.3) is 0 Å². The van der Waals surface area contributed by atoms with Gasteiger partial charge in [0.15, 0.2) is 0 Å². The Bertz CT molecular complexity index is 151. The van der Waals surface area contributed by atoms with Gasteiger partial charge in [0.05, 0.1) is 0 Å². The Morgan fingerprint density at radius 3 is 2.69 bits per heavy atom. The molecule has 0 aromatic carbocycles. The topological polar surface area (TPSA) is 29.3 Å². The molecule has 1 saturated heterocycles. The van der Waals surface area contributed by atoms with Gasteiger partial charge in [-0.2, -0.15) is 0 Å². The first-order chi connectivity index (χ1) is 6.24. The number of hydrogen-bond donors (Lipinski definition) is 1. The Morgan fingerprint density at radius 2 is 2.15 bits per heavy atom. The molecule has 0 aromatic heterocycles. The van der Waals surface area contributed by atoms with Crippen molar-refractivity contribution in [2.45, 2.75) is 38.6 Å². The molecule has 2 fully saturated rings. The monoisotopic (exact) mass is 182 g/mol. The summed E-state index contributed by atoms with van der Waals surface area (Å²) in [6.45, 7) is 6.33. The summed E-state index contributed by atoms with van der Waals surface area (Å²) in [5.74, 6) is 1.83. The van der Waals surface area contributed by atoms with Crippen LogP contribution in [-0.4, -0.2) is 30.6 Å². The van der Waals surface area contributed by atoms with Gasteiger partial charge < -0.3 is 10.6 Å². The molecule has 76 valence electrons. The molecule has 1 aliphatic heterocycles. The first kappa shape index (κ1) is 9.47. The van der Waals surface area contributed by atoms with Gasteiger partial charge in [0.25, 0.3) is 0 Å². The van der Waals surface area contributed by atoms with Gasteiger partial charge in [-0.25, -0.2) is 0 Å². The quantitative estimate of drug-likeness (QED) is 0.700. The summed E-state index contributed by atoms with van der Waals surface area (Å²) in [5, 5.41) is 0. The Labute approximate surface area is 81.5 Å². The highest BCUT2D eigenvalue weighted by atomic mass is 15.1. The van der Waals surface area contributed by atoms with E-state index in [2.05, 4.69) is 11.8 Å². The third kappa shape index (κ3) is 2.44. The maximum atomic E-state index is 5.91. The number of nitrogens with zero attached hydrogens (tertiary/aromatic N) is 1. The fourth-order valence-electron chi connectivity index (χ4n) is 2.84. The first-order valence-corrected chi connectivity index (χ1v) is 5.72. The van der Waals surface area contributed by atoms with Crippen molar-refractivity contribution < 1.29 is 0 Å². The smallest absolute Gasteiger partial charge is 0.00420 e. The summed E-state index contributed by atoms with van der Waals surface area (Å²) in [5.41, 5.74) is 5.91. The first-order valence-electron chi connectivity index (χ1n) is 5.72. The molecular formula is C11H22N2. The van der Waals surface area contributed by atoms with E-state index >= 15 is 0 Å². The summed E-state index contributed by atoms with van der Waals surface area (Å²) < 4.78 is 0. The van der Waals surface area contributed by atoms with Crippen LogP contribution in [0.5, 0.6) is 0 Å². The molecule has 3 atom stereocenters. The van der Waals surface area contributed by atoms with Crippen molar-refractivity contribution in [2.75, 3.05) is 19.6 Å². The zero-order valence-corrected chi connectivity index (χ0v) is 8.71. The van der Waals surface area contributed by atoms with Crippen LogP contribution in [0.2, 0.25) is 0 Å². The van der Waals surface area contributed by atoms with Crippen molar-refractivity contribution in [3.05, 3.63) is 0 Å². The van der Waals surface area contributed by atoms with Crippen LogP contribution in [-0.2, 0) is 0 Å². The molecule has 0 bridgehead atoms. The summed E-state index contributed by atoms with van der Waals surface area (Å²) >= 11 is 0. The molecule has 0 aromatic rings. The molecule has 0 spiro atoms. The molecule has 2 rings (SSSR count). The van der Waals surface area contributed by atoms with Crippen LogP contribution in [0.4, 0.5) is 0 Å². The van der Waals surface area contributed by atoms with Gasteiger partial charge in [-0.15, -0.1) is 0 Å². The second-order valence-electron chi connectivity index (χ2n) is 5.09. The third-order valence-electron chi connectivity index (χ3n) is 3.61. The van der Waals surface area contributed by atoms with Crippen LogP contribution in [0.1, 0.15) is 32.6 Å². The minimum absolute atomic E-state index is 0.505. The zero-order chi connectivity index (χ0) is 9.26. The summed E-state index contributed by atoms with van der Waals surface area (Å²) in [4.78, 5) is 2.63. The lowest BCUT2D eigenvalue weighted by Gasteiger charge is -2.19. The number of nitrogens with two attached hydrogens (primary N) is 1. The van der Waals surface area contributed by atoms with Crippen LogP contribution in [0.3, 0.4) is 0 Å². The third-order valence-corrected chi connectivity index (χ3v) is 3.61. The van der Waals surface area contributed by atoms with Gasteiger partial charge in [-0.3, -0.25) is 0 Å². The number of hydrogen-bond acceptors (Lipinski definition) is 2. The molecule has 3 unspecified atom stereocenters. The Balaban J connectivity index is 1.72. The van der Waals surface area contributed by atoms with Crippen molar-refractivity contribution in [2.24, 2.45) is 17.6 Å². The minimum atomic E-state index is 0.505. The molecule has 2 aliphatic rings. The Morgan fingerprint density at radius 1 is 1.31 bits per heavy atom. The van der Waals surface area contributed by atoms with Crippen LogP contribution >= 0.6 is 0 Å². The van der Waals surface area contributed by atoms with E-state index in [-0.39, 0.29) is 0 Å². The normalized spacial score (nSPS) is 41.5. The maximum absolute atomic E-state index is 5.91. The van der Waals surface area contributed by atoms with E-state index in [0.717, 1.165) is 11.8 Å². The highest BCUT2D eigenvalue weighted by molar-refractivity contribution is 4.82. The van der Waals surface area contributed by atoms with Gasteiger partial charge >= 0.3 is 0 Å². The number of rotatable bonds is 2. The lowest BCUT2D eigenvalue weighted by atomic mass is 10.1. The Hall–Kier alpha value is -0.0800. The molecular weight excluding hydrogens is 160 g/mol. The molecule has 2 heteroatoms. The summed E-state index contributed by atoms with van der Waals surface area (Å²) in [6, 6.07) is 0.505. The van der Waals surface area contributed by atoms with Crippen molar-refractivity contribution in [3.8, 4) is 0 Å². The van der Waals surface area contributed by atoms with E-state index < -0.39 is 0 Å². The zero-order valence-electron chi connectivity index (χ0n) is 8.71. The van der Waals surface area contributed by atoms with E-state index in [1.54, 1.807) is 0 Å². The lowest BCUT2D eigenvalue weighted by molar-refractivity contribution is 0.271. The van der Waals surface area contributed by atoms with Gasteiger partial charge in [-0.05, 0) is 44.1 Å². The van der Waals surface area contributed by atoms with E-state index in [1.807, 2.05) is 0 Å². The van der Waals surface area contributed by atoms with Crippen molar-refractivity contribution in [1.82, 2.24) is 4.90 Å². The molecule has 1 saturated carbocycles. The molecule has 13 heavy (non-hydrogen) atoms. The predicted octanol–water partition coefficient (Wildman–Crippen LogP) is 1.46. The lowest BCUT2D eigenvalue weighted by Crippen LogP contribution is -2.27. The fourth-order valence-corrected chi connectivity index (χ4v) is 2.84. The minimum Gasteiger partial charge on any atom is -0.328 e. The SMILES string of the molecule is CC1CCN(CC2CCC(N)C2)C1. The van der Waals surface area contributed by atoms with Gasteiger partial charge in [0.1, 0.15) is 0 Å². The van der Waals surface area contributed by atoms with Crippen LogP contribution in [0, 0.1) is 11.8 Å². The maximum Gasteiger partial charge on any atom is 0.00420 e. The van der Waals surface area contributed by atoms with E-state index in [9.17, 15) is 0 Å².